The zero-order valence-electron chi connectivity index (χ0n) is 12.2. The van der Waals surface area contributed by atoms with Crippen molar-refractivity contribution in [3.8, 4) is 5.75 Å². The maximum absolute atomic E-state index is 5.59. The summed E-state index contributed by atoms with van der Waals surface area (Å²) in [6, 6.07) is 12.6. The minimum absolute atomic E-state index is 0.301. The van der Waals surface area contributed by atoms with E-state index in [0.717, 1.165) is 25.3 Å². The Morgan fingerprint density at radius 1 is 1.20 bits per heavy atom. The topological polar surface area (TPSA) is 34.1 Å². The molecule has 0 amide bonds. The number of ether oxygens (including phenoxy) is 1. The van der Waals surface area contributed by atoms with E-state index < -0.39 is 0 Å². The van der Waals surface area contributed by atoms with E-state index in [4.69, 9.17) is 4.74 Å². The van der Waals surface area contributed by atoms with Crippen LogP contribution in [0.4, 0.5) is 0 Å². The summed E-state index contributed by atoms with van der Waals surface area (Å²) in [5.74, 6) is 0.940. The van der Waals surface area contributed by atoms with Crippen LogP contribution in [0, 0.1) is 0 Å². The molecule has 1 atom stereocenters. The minimum Gasteiger partial charge on any atom is -0.494 e. The fraction of sp³-hybridized carbons (Fsp3) is 0.353. The van der Waals surface area contributed by atoms with Gasteiger partial charge in [-0.1, -0.05) is 25.1 Å². The smallest absolute Gasteiger partial charge is 0.119 e. The van der Waals surface area contributed by atoms with Gasteiger partial charge in [-0.05, 0) is 42.7 Å². The predicted molar refractivity (Wildman–Crippen MR) is 81.7 cm³/mol. The Hall–Kier alpha value is -1.87. The van der Waals surface area contributed by atoms with Gasteiger partial charge in [0.05, 0.1) is 6.61 Å². The van der Waals surface area contributed by atoms with Crippen LogP contribution >= 0.6 is 0 Å². The Labute approximate surface area is 121 Å². The van der Waals surface area contributed by atoms with Crippen LogP contribution in [0.2, 0.25) is 0 Å². The number of rotatable bonds is 7. The first-order chi connectivity index (χ1) is 9.79. The maximum atomic E-state index is 5.59. The fourth-order valence-corrected chi connectivity index (χ4v) is 1.96. The number of hydrogen-bond acceptors (Lipinski definition) is 3. The largest absolute Gasteiger partial charge is 0.494 e. The van der Waals surface area contributed by atoms with E-state index in [1.165, 1.54) is 11.1 Å². The highest BCUT2D eigenvalue weighted by Crippen LogP contribution is 2.18. The third kappa shape index (κ3) is 4.35. The van der Waals surface area contributed by atoms with Crippen molar-refractivity contribution in [2.75, 3.05) is 6.61 Å². The van der Waals surface area contributed by atoms with E-state index in [2.05, 4.69) is 42.3 Å². The number of pyridine rings is 1. The van der Waals surface area contributed by atoms with Gasteiger partial charge in [0, 0.05) is 25.0 Å². The van der Waals surface area contributed by atoms with Crippen LogP contribution in [0.15, 0.2) is 48.8 Å². The van der Waals surface area contributed by atoms with Gasteiger partial charge in [0.2, 0.25) is 0 Å². The zero-order valence-corrected chi connectivity index (χ0v) is 12.2. The number of hydrogen-bond donors (Lipinski definition) is 1. The summed E-state index contributed by atoms with van der Waals surface area (Å²) < 4.78 is 5.59. The average molecular weight is 270 g/mol. The van der Waals surface area contributed by atoms with Gasteiger partial charge in [-0.2, -0.15) is 0 Å². The summed E-state index contributed by atoms with van der Waals surface area (Å²) in [6.07, 6.45) is 4.72. The molecule has 0 aliphatic heterocycles. The van der Waals surface area contributed by atoms with Gasteiger partial charge < -0.3 is 10.1 Å². The number of nitrogens with zero attached hydrogens (tertiary/aromatic N) is 1. The SMILES string of the molecule is CCCOc1ccc(C(C)NCc2cccnc2)cc1. The number of nitrogens with one attached hydrogen (secondary N) is 1. The van der Waals surface area contributed by atoms with Gasteiger partial charge in [0.1, 0.15) is 5.75 Å². The molecule has 0 radical (unpaired) electrons. The highest BCUT2D eigenvalue weighted by Gasteiger charge is 2.05. The quantitative estimate of drug-likeness (QED) is 0.832. The summed E-state index contributed by atoms with van der Waals surface area (Å²) in [7, 11) is 0. The second-order valence-corrected chi connectivity index (χ2v) is 4.88. The van der Waals surface area contributed by atoms with Gasteiger partial charge in [0.15, 0.2) is 0 Å². The molecule has 3 nitrogen and oxygen atoms in total. The molecule has 1 N–H and O–H groups in total. The molecule has 1 unspecified atom stereocenters. The van der Waals surface area contributed by atoms with Crippen molar-refractivity contribution in [2.24, 2.45) is 0 Å². The van der Waals surface area contributed by atoms with Crippen LogP contribution in [0.3, 0.4) is 0 Å². The van der Waals surface area contributed by atoms with Crippen LogP contribution in [0.1, 0.15) is 37.4 Å². The standard InChI is InChI=1S/C17H22N2O/c1-3-11-20-17-8-6-16(7-9-17)14(2)19-13-15-5-4-10-18-12-15/h4-10,12,14,19H,3,11,13H2,1-2H3. The Morgan fingerprint density at radius 2 is 2.00 bits per heavy atom. The monoisotopic (exact) mass is 270 g/mol. The second kappa shape index (κ2) is 7.65. The lowest BCUT2D eigenvalue weighted by molar-refractivity contribution is 0.317. The molecule has 1 heterocycles. The van der Waals surface area contributed by atoms with Crippen molar-refractivity contribution in [2.45, 2.75) is 32.9 Å². The first-order valence-corrected chi connectivity index (χ1v) is 7.14. The molecular formula is C17H22N2O. The van der Waals surface area contributed by atoms with E-state index >= 15 is 0 Å². The summed E-state index contributed by atoms with van der Waals surface area (Å²) in [6.45, 7) is 5.87. The van der Waals surface area contributed by atoms with Gasteiger partial charge in [-0.25, -0.2) is 0 Å². The Bertz CT molecular complexity index is 496. The van der Waals surface area contributed by atoms with E-state index in [1.807, 2.05) is 24.4 Å². The molecule has 0 fully saturated rings. The van der Waals surface area contributed by atoms with Crippen molar-refractivity contribution < 1.29 is 4.74 Å². The number of aromatic nitrogens is 1. The lowest BCUT2D eigenvalue weighted by Crippen LogP contribution is -2.18. The van der Waals surface area contributed by atoms with Crippen LogP contribution < -0.4 is 10.1 Å². The van der Waals surface area contributed by atoms with Gasteiger partial charge >= 0.3 is 0 Å². The fourth-order valence-electron chi connectivity index (χ4n) is 1.96. The second-order valence-electron chi connectivity index (χ2n) is 4.88. The van der Waals surface area contributed by atoms with Crippen LogP contribution in [-0.2, 0) is 6.54 Å². The lowest BCUT2D eigenvalue weighted by Gasteiger charge is -2.15. The summed E-state index contributed by atoms with van der Waals surface area (Å²) in [5, 5.41) is 3.50. The van der Waals surface area contributed by atoms with Gasteiger partial charge in [-0.15, -0.1) is 0 Å². The molecule has 0 spiro atoms. The molecule has 20 heavy (non-hydrogen) atoms. The molecule has 0 aliphatic carbocycles. The number of benzene rings is 1. The van der Waals surface area contributed by atoms with Gasteiger partial charge in [0.25, 0.3) is 0 Å². The van der Waals surface area contributed by atoms with Crippen molar-refractivity contribution >= 4 is 0 Å². The van der Waals surface area contributed by atoms with E-state index in [0.29, 0.717) is 6.04 Å². The predicted octanol–water partition coefficient (Wildman–Crippen LogP) is 3.72. The van der Waals surface area contributed by atoms with Gasteiger partial charge in [-0.3, -0.25) is 4.98 Å². The molecule has 1 aromatic heterocycles. The third-order valence-corrected chi connectivity index (χ3v) is 3.19. The first-order valence-electron chi connectivity index (χ1n) is 7.14. The van der Waals surface area contributed by atoms with Crippen LogP contribution in [0.5, 0.6) is 5.75 Å². The Kier molecular flexibility index (Phi) is 5.56. The zero-order chi connectivity index (χ0) is 14.2. The molecule has 1 aromatic carbocycles. The first kappa shape index (κ1) is 14.5. The maximum Gasteiger partial charge on any atom is 0.119 e. The Morgan fingerprint density at radius 3 is 2.65 bits per heavy atom. The van der Waals surface area contributed by atoms with Crippen molar-refractivity contribution in [3.63, 3.8) is 0 Å². The lowest BCUT2D eigenvalue weighted by atomic mass is 10.1. The molecule has 0 saturated carbocycles. The Balaban J connectivity index is 1.87. The molecule has 0 aliphatic rings. The summed E-state index contributed by atoms with van der Waals surface area (Å²) in [5.41, 5.74) is 2.46. The van der Waals surface area contributed by atoms with Crippen molar-refractivity contribution in [1.82, 2.24) is 10.3 Å². The van der Waals surface area contributed by atoms with Crippen molar-refractivity contribution in [3.05, 3.63) is 59.9 Å². The third-order valence-electron chi connectivity index (χ3n) is 3.19. The average Bonchev–Trinajstić information content (AvgIpc) is 2.52. The van der Waals surface area contributed by atoms with Crippen molar-refractivity contribution in [1.29, 1.82) is 0 Å². The molecule has 2 aromatic rings. The molecule has 0 saturated heterocycles. The molecular weight excluding hydrogens is 248 g/mol. The van der Waals surface area contributed by atoms with E-state index in [1.54, 1.807) is 6.20 Å². The molecule has 0 bridgehead atoms. The highest BCUT2D eigenvalue weighted by atomic mass is 16.5. The highest BCUT2D eigenvalue weighted by molar-refractivity contribution is 5.29. The molecule has 3 heteroatoms. The normalized spacial score (nSPS) is 12.1. The summed E-state index contributed by atoms with van der Waals surface area (Å²) >= 11 is 0. The van der Waals surface area contributed by atoms with Crippen LogP contribution in [0.25, 0.3) is 0 Å². The van der Waals surface area contributed by atoms with Crippen LogP contribution in [-0.4, -0.2) is 11.6 Å². The summed E-state index contributed by atoms with van der Waals surface area (Å²) in [4.78, 5) is 4.12. The van der Waals surface area contributed by atoms with E-state index in [-0.39, 0.29) is 0 Å². The molecule has 106 valence electrons. The van der Waals surface area contributed by atoms with E-state index in [9.17, 15) is 0 Å². The molecule has 2 rings (SSSR count). The minimum atomic E-state index is 0.301.